The van der Waals surface area contributed by atoms with Crippen molar-refractivity contribution in [2.24, 2.45) is 5.41 Å². The number of hydrogen-bond acceptors (Lipinski definition) is 1. The van der Waals surface area contributed by atoms with Crippen LogP contribution in [0.4, 0.5) is 4.39 Å². The maximum atomic E-state index is 12.3. The van der Waals surface area contributed by atoms with Crippen molar-refractivity contribution in [1.82, 2.24) is 0 Å². The normalized spacial score (nSPS) is 19.3. The van der Waals surface area contributed by atoms with E-state index in [0.29, 0.717) is 0 Å². The van der Waals surface area contributed by atoms with Crippen molar-refractivity contribution < 1.29 is 9.50 Å². The summed E-state index contributed by atoms with van der Waals surface area (Å²) in [6, 6.07) is 0. The zero-order chi connectivity index (χ0) is 7.65. The van der Waals surface area contributed by atoms with Gasteiger partial charge in [0.1, 0.15) is 5.91 Å². The molecule has 0 aromatic rings. The van der Waals surface area contributed by atoms with Crippen LogP contribution in [0.25, 0.3) is 0 Å². The van der Waals surface area contributed by atoms with Crippen molar-refractivity contribution in [3.8, 4) is 0 Å². The van der Waals surface area contributed by atoms with Gasteiger partial charge < -0.3 is 5.11 Å². The summed E-state index contributed by atoms with van der Waals surface area (Å²) < 4.78 is 12.3. The molecule has 0 aromatic carbocycles. The van der Waals surface area contributed by atoms with E-state index in [4.69, 9.17) is 5.11 Å². The molecule has 3 unspecified atom stereocenters. The Balaban J connectivity index is 3.88. The van der Waals surface area contributed by atoms with Crippen LogP contribution in [0.2, 0.25) is 0 Å². The summed E-state index contributed by atoms with van der Waals surface area (Å²) in [6.07, 6.45) is -0.887. The van der Waals surface area contributed by atoms with Crippen molar-refractivity contribution in [2.75, 3.05) is 0 Å². The van der Waals surface area contributed by atoms with Gasteiger partial charge in [-0.1, -0.05) is 30.0 Å². The average Bonchev–Trinajstić information content (AvgIpc) is 1.62. The molecule has 0 aromatic heterocycles. The van der Waals surface area contributed by atoms with Crippen LogP contribution >= 0.6 is 9.24 Å². The fourth-order valence-electron chi connectivity index (χ4n) is 0.478. The minimum absolute atomic E-state index is 0.360. The zero-order valence-corrected chi connectivity index (χ0v) is 7.21. The highest BCUT2D eigenvalue weighted by molar-refractivity contribution is 7.17. The number of rotatable bonds is 1. The average molecular weight is 152 g/mol. The molecule has 3 heteroatoms. The van der Waals surface area contributed by atoms with E-state index in [2.05, 4.69) is 0 Å². The first-order valence-corrected chi connectivity index (χ1v) is 3.60. The Hall–Kier alpha value is 0.320. The molecule has 0 spiro atoms. The summed E-state index contributed by atoms with van der Waals surface area (Å²) in [5.41, 5.74) is -0.360. The molecule has 1 nitrogen and oxygen atoms in total. The minimum Gasteiger partial charge on any atom is -0.389 e. The van der Waals surface area contributed by atoms with E-state index in [9.17, 15) is 4.39 Å². The predicted octanol–water partition coefficient (Wildman–Crippen LogP) is 1.56. The van der Waals surface area contributed by atoms with Crippen LogP contribution in [-0.4, -0.2) is 17.1 Å². The molecule has 0 rings (SSSR count). The van der Waals surface area contributed by atoms with Crippen molar-refractivity contribution >= 4 is 9.24 Å². The summed E-state index contributed by atoms with van der Waals surface area (Å²) in [5, 5.41) is 9.07. The smallest absolute Gasteiger partial charge is 0.139 e. The second-order valence-corrected chi connectivity index (χ2v) is 3.89. The molecule has 56 valence electrons. The Morgan fingerprint density at radius 2 is 1.78 bits per heavy atom. The van der Waals surface area contributed by atoms with Gasteiger partial charge in [0.25, 0.3) is 0 Å². The molecule has 0 fully saturated rings. The Labute approximate surface area is 57.9 Å². The quantitative estimate of drug-likeness (QED) is 0.565. The van der Waals surface area contributed by atoms with Crippen LogP contribution in [0, 0.1) is 5.41 Å². The lowest BCUT2D eigenvalue weighted by Gasteiger charge is -2.26. The summed E-state index contributed by atoms with van der Waals surface area (Å²) in [6.45, 7) is 5.40. The topological polar surface area (TPSA) is 20.2 Å². The molecule has 0 aliphatic heterocycles. The summed E-state index contributed by atoms with van der Waals surface area (Å²) in [5.74, 6) is -1.22. The molecule has 0 aliphatic rings. The van der Waals surface area contributed by atoms with E-state index >= 15 is 0 Å². The highest BCUT2D eigenvalue weighted by Gasteiger charge is 2.27. The molecule has 0 heterocycles. The van der Waals surface area contributed by atoms with Crippen LogP contribution in [0.15, 0.2) is 0 Å². The van der Waals surface area contributed by atoms with Gasteiger partial charge in [0.05, 0.1) is 6.10 Å². The lowest BCUT2D eigenvalue weighted by Crippen LogP contribution is -2.31. The Kier molecular flexibility index (Phi) is 3.04. The Morgan fingerprint density at radius 1 is 1.44 bits per heavy atom. The van der Waals surface area contributed by atoms with Gasteiger partial charge in [-0.3, -0.25) is 0 Å². The van der Waals surface area contributed by atoms with E-state index in [1.165, 1.54) is 0 Å². The fraction of sp³-hybridized carbons (Fsp3) is 1.00. The van der Waals surface area contributed by atoms with Crippen LogP contribution in [0.1, 0.15) is 20.8 Å². The van der Waals surface area contributed by atoms with Crippen molar-refractivity contribution in [1.29, 1.82) is 0 Å². The number of hydrogen-bond donors (Lipinski definition) is 1. The maximum absolute atomic E-state index is 12.3. The van der Waals surface area contributed by atoms with Gasteiger partial charge in [0.2, 0.25) is 0 Å². The van der Waals surface area contributed by atoms with Crippen LogP contribution in [0.5, 0.6) is 0 Å². The lowest BCUT2D eigenvalue weighted by molar-refractivity contribution is 0.0278. The second kappa shape index (κ2) is 2.94. The standard InChI is InChI=1S/C6H14FOP/c1-6(2,3)4(8)5(7)9/h4-5,8H,9H2,1-3H3. The van der Waals surface area contributed by atoms with Crippen LogP contribution < -0.4 is 0 Å². The van der Waals surface area contributed by atoms with Gasteiger partial charge in [-0.15, -0.1) is 0 Å². The molecule has 3 atom stereocenters. The first kappa shape index (κ1) is 9.32. The van der Waals surface area contributed by atoms with Crippen molar-refractivity contribution in [3.63, 3.8) is 0 Å². The van der Waals surface area contributed by atoms with E-state index < -0.39 is 12.0 Å². The van der Waals surface area contributed by atoms with E-state index in [1.807, 2.05) is 9.24 Å². The van der Waals surface area contributed by atoms with Gasteiger partial charge in [-0.05, 0) is 5.41 Å². The minimum atomic E-state index is -1.22. The van der Waals surface area contributed by atoms with Gasteiger partial charge in [0.15, 0.2) is 0 Å². The van der Waals surface area contributed by atoms with E-state index in [1.54, 1.807) is 20.8 Å². The third-order valence-electron chi connectivity index (χ3n) is 1.19. The molecule has 0 radical (unpaired) electrons. The molecule has 9 heavy (non-hydrogen) atoms. The largest absolute Gasteiger partial charge is 0.389 e. The monoisotopic (exact) mass is 152 g/mol. The number of alkyl halides is 1. The SMILES string of the molecule is CC(C)(C)C(O)C(F)P. The maximum Gasteiger partial charge on any atom is 0.139 e. The highest BCUT2D eigenvalue weighted by Crippen LogP contribution is 2.25. The van der Waals surface area contributed by atoms with Gasteiger partial charge in [-0.25, -0.2) is 4.39 Å². The first-order chi connectivity index (χ1) is 3.85. The van der Waals surface area contributed by atoms with Crippen molar-refractivity contribution in [3.05, 3.63) is 0 Å². The Bertz CT molecular complexity index is 87.5. The van der Waals surface area contributed by atoms with Gasteiger partial charge >= 0.3 is 0 Å². The molecule has 0 amide bonds. The second-order valence-electron chi connectivity index (χ2n) is 3.26. The third-order valence-corrected chi connectivity index (χ3v) is 1.55. The fourth-order valence-corrected chi connectivity index (χ4v) is 1.06. The lowest BCUT2D eigenvalue weighted by atomic mass is 9.90. The van der Waals surface area contributed by atoms with E-state index in [-0.39, 0.29) is 5.41 Å². The summed E-state index contributed by atoms with van der Waals surface area (Å²) in [7, 11) is 1.94. The first-order valence-electron chi connectivity index (χ1n) is 2.93. The van der Waals surface area contributed by atoms with Gasteiger partial charge in [-0.2, -0.15) is 0 Å². The molecular formula is C6H14FOP. The molecular weight excluding hydrogens is 138 g/mol. The summed E-state index contributed by atoms with van der Waals surface area (Å²) in [4.78, 5) is 0. The predicted molar refractivity (Wildman–Crippen MR) is 40.1 cm³/mol. The molecule has 0 bridgehead atoms. The number of aliphatic hydroxyl groups excluding tert-OH is 1. The van der Waals surface area contributed by atoms with Crippen LogP contribution in [-0.2, 0) is 0 Å². The summed E-state index contributed by atoms with van der Waals surface area (Å²) >= 11 is 0. The number of aliphatic hydroxyl groups is 1. The number of halogens is 1. The van der Waals surface area contributed by atoms with Gasteiger partial charge in [0, 0.05) is 0 Å². The van der Waals surface area contributed by atoms with E-state index in [0.717, 1.165) is 0 Å². The molecule has 0 saturated carbocycles. The van der Waals surface area contributed by atoms with Crippen molar-refractivity contribution in [2.45, 2.75) is 32.8 Å². The van der Waals surface area contributed by atoms with Crippen LogP contribution in [0.3, 0.4) is 0 Å². The molecule has 1 N–H and O–H groups in total. The Morgan fingerprint density at radius 3 is 1.78 bits per heavy atom. The zero-order valence-electron chi connectivity index (χ0n) is 6.06. The molecule has 0 aliphatic carbocycles. The molecule has 0 saturated heterocycles. The third kappa shape index (κ3) is 3.12. The highest BCUT2D eigenvalue weighted by atomic mass is 31.0.